The second-order valence-electron chi connectivity index (χ2n) is 7.53. The zero-order valence-electron chi connectivity index (χ0n) is 17.0. The first-order chi connectivity index (χ1) is 14.8. The zero-order valence-corrected chi connectivity index (χ0v) is 20.2. The van der Waals surface area contributed by atoms with E-state index in [4.69, 9.17) is 16.3 Å². The largest absolute Gasteiger partial charge is 0.462 e. The molecule has 7 nitrogen and oxygen atoms in total. The lowest BCUT2D eigenvalue weighted by atomic mass is 9.99. The van der Waals surface area contributed by atoms with E-state index < -0.39 is 21.9 Å². The number of fused-ring (bicyclic) bond motifs is 1. The van der Waals surface area contributed by atoms with Gasteiger partial charge in [0.25, 0.3) is 10.0 Å². The summed E-state index contributed by atoms with van der Waals surface area (Å²) < 4.78 is 33.0. The van der Waals surface area contributed by atoms with Crippen molar-refractivity contribution in [1.29, 1.82) is 0 Å². The van der Waals surface area contributed by atoms with Crippen LogP contribution in [0.5, 0.6) is 0 Å². The molecule has 0 saturated carbocycles. The SMILES string of the molecule is CCOC(=O)c1c(NC(=O)C2CCCN(S(=O)(=O)c3ccc(Cl)s3)C2)sc2c1CCC2. The smallest absolute Gasteiger partial charge is 0.341 e. The van der Waals surface area contributed by atoms with Crippen LogP contribution in [0.3, 0.4) is 0 Å². The topological polar surface area (TPSA) is 92.8 Å². The van der Waals surface area contributed by atoms with Crippen LogP contribution in [0.2, 0.25) is 4.34 Å². The van der Waals surface area contributed by atoms with Crippen LogP contribution in [0.1, 0.15) is 47.0 Å². The molecule has 11 heteroatoms. The van der Waals surface area contributed by atoms with Crippen LogP contribution in [0.15, 0.2) is 16.3 Å². The van der Waals surface area contributed by atoms with Crippen LogP contribution >= 0.6 is 34.3 Å². The number of hydrogen-bond donors (Lipinski definition) is 1. The van der Waals surface area contributed by atoms with Crippen molar-refractivity contribution in [2.45, 2.75) is 43.2 Å². The van der Waals surface area contributed by atoms with E-state index in [0.717, 1.165) is 41.0 Å². The van der Waals surface area contributed by atoms with Crippen LogP contribution in [0.4, 0.5) is 5.00 Å². The van der Waals surface area contributed by atoms with Crippen LogP contribution in [0.25, 0.3) is 0 Å². The summed E-state index contributed by atoms with van der Waals surface area (Å²) in [6.45, 7) is 2.48. The number of anilines is 1. The number of ether oxygens (including phenoxy) is 1. The van der Waals surface area contributed by atoms with E-state index in [2.05, 4.69) is 5.32 Å². The molecule has 1 atom stereocenters. The summed E-state index contributed by atoms with van der Waals surface area (Å²) in [7, 11) is -3.69. The van der Waals surface area contributed by atoms with E-state index in [9.17, 15) is 18.0 Å². The molecule has 1 unspecified atom stereocenters. The Balaban J connectivity index is 1.51. The lowest BCUT2D eigenvalue weighted by Gasteiger charge is -2.30. The molecule has 0 radical (unpaired) electrons. The summed E-state index contributed by atoms with van der Waals surface area (Å²) in [5, 5.41) is 3.42. The van der Waals surface area contributed by atoms with E-state index in [-0.39, 0.29) is 23.3 Å². The van der Waals surface area contributed by atoms with E-state index in [1.54, 1.807) is 13.0 Å². The highest BCUT2D eigenvalue weighted by Crippen LogP contribution is 2.40. The number of esters is 1. The van der Waals surface area contributed by atoms with Gasteiger partial charge in [-0.3, -0.25) is 4.79 Å². The minimum absolute atomic E-state index is 0.101. The van der Waals surface area contributed by atoms with Crippen molar-refractivity contribution in [3.63, 3.8) is 0 Å². The highest BCUT2D eigenvalue weighted by Gasteiger charge is 2.35. The summed E-state index contributed by atoms with van der Waals surface area (Å²) in [5.41, 5.74) is 1.43. The molecule has 4 rings (SSSR count). The molecular formula is C20H23ClN2O5S3. The fourth-order valence-corrected chi connectivity index (χ4v) is 8.51. The predicted molar refractivity (Wildman–Crippen MR) is 122 cm³/mol. The van der Waals surface area contributed by atoms with Gasteiger partial charge in [0.05, 0.1) is 22.4 Å². The number of hydrogen-bond acceptors (Lipinski definition) is 7. The van der Waals surface area contributed by atoms with Gasteiger partial charge >= 0.3 is 5.97 Å². The Hall–Kier alpha value is -1.46. The molecule has 1 saturated heterocycles. The van der Waals surface area contributed by atoms with Crippen molar-refractivity contribution in [3.05, 3.63) is 32.5 Å². The Labute approximate surface area is 194 Å². The van der Waals surface area contributed by atoms with Gasteiger partial charge in [-0.15, -0.1) is 22.7 Å². The summed E-state index contributed by atoms with van der Waals surface area (Å²) in [5.74, 6) is -1.18. The van der Waals surface area contributed by atoms with Gasteiger partial charge in [-0.1, -0.05) is 11.6 Å². The van der Waals surface area contributed by atoms with Crippen LogP contribution in [-0.2, 0) is 32.4 Å². The quantitative estimate of drug-likeness (QED) is 0.598. The first-order valence-electron chi connectivity index (χ1n) is 10.2. The van der Waals surface area contributed by atoms with Crippen LogP contribution in [0, 0.1) is 5.92 Å². The number of rotatable bonds is 6. The van der Waals surface area contributed by atoms with Gasteiger partial charge in [0, 0.05) is 18.0 Å². The Bertz CT molecular complexity index is 1110. The normalized spacial score (nSPS) is 19.2. The molecule has 1 fully saturated rings. The molecule has 0 aromatic carbocycles. The number of carbonyl (C=O) groups is 2. The van der Waals surface area contributed by atoms with Crippen LogP contribution < -0.4 is 5.32 Å². The number of aryl methyl sites for hydroxylation is 1. The summed E-state index contributed by atoms with van der Waals surface area (Å²) in [6, 6.07) is 3.05. The average Bonchev–Trinajstić information content (AvgIpc) is 3.44. The molecule has 168 valence electrons. The van der Waals surface area contributed by atoms with Gasteiger partial charge in [0.15, 0.2) is 0 Å². The molecule has 2 aromatic heterocycles. The molecule has 0 spiro atoms. The first kappa shape index (κ1) is 22.7. The second kappa shape index (κ2) is 9.19. The van der Waals surface area contributed by atoms with E-state index in [0.29, 0.717) is 34.3 Å². The van der Waals surface area contributed by atoms with Crippen molar-refractivity contribution in [1.82, 2.24) is 4.31 Å². The molecular weight excluding hydrogens is 480 g/mol. The van der Waals surface area contributed by atoms with Gasteiger partial charge in [-0.2, -0.15) is 4.31 Å². The lowest BCUT2D eigenvalue weighted by Crippen LogP contribution is -2.43. The monoisotopic (exact) mass is 502 g/mol. The highest BCUT2D eigenvalue weighted by atomic mass is 35.5. The Kier molecular flexibility index (Phi) is 6.73. The fourth-order valence-electron chi connectivity index (χ4n) is 4.06. The Morgan fingerprint density at radius 3 is 2.77 bits per heavy atom. The number of thiophene rings is 2. The number of piperidine rings is 1. The third kappa shape index (κ3) is 4.54. The molecule has 3 heterocycles. The maximum absolute atomic E-state index is 13.0. The van der Waals surface area contributed by atoms with Gasteiger partial charge in [-0.25, -0.2) is 13.2 Å². The number of halogens is 1. The van der Waals surface area contributed by atoms with Crippen molar-refractivity contribution >= 4 is 61.2 Å². The van der Waals surface area contributed by atoms with Gasteiger partial charge < -0.3 is 10.1 Å². The Morgan fingerprint density at radius 1 is 1.26 bits per heavy atom. The van der Waals surface area contributed by atoms with Crippen LogP contribution in [-0.4, -0.2) is 44.3 Å². The maximum Gasteiger partial charge on any atom is 0.341 e. The van der Waals surface area contributed by atoms with E-state index >= 15 is 0 Å². The number of nitrogens with zero attached hydrogens (tertiary/aromatic N) is 1. The summed E-state index contributed by atoms with van der Waals surface area (Å²) in [6.07, 6.45) is 3.85. The third-order valence-corrected chi connectivity index (χ3v) is 10.3. The van der Waals surface area contributed by atoms with Gasteiger partial charge in [0.1, 0.15) is 9.21 Å². The van der Waals surface area contributed by atoms with Gasteiger partial charge in [-0.05, 0) is 56.7 Å². The lowest BCUT2D eigenvalue weighted by molar-refractivity contribution is -0.120. The summed E-state index contributed by atoms with van der Waals surface area (Å²) in [4.78, 5) is 26.7. The molecule has 2 aliphatic rings. The molecule has 1 N–H and O–H groups in total. The number of nitrogens with one attached hydrogen (secondary N) is 1. The maximum atomic E-state index is 13.0. The van der Waals surface area contributed by atoms with Crippen molar-refractivity contribution < 1.29 is 22.7 Å². The second-order valence-corrected chi connectivity index (χ2v) is 12.5. The summed E-state index contributed by atoms with van der Waals surface area (Å²) >= 11 is 8.34. The minimum Gasteiger partial charge on any atom is -0.462 e. The predicted octanol–water partition coefficient (Wildman–Crippen LogP) is 4.17. The molecule has 0 bridgehead atoms. The van der Waals surface area contributed by atoms with E-state index in [1.807, 2.05) is 0 Å². The van der Waals surface area contributed by atoms with Crippen molar-refractivity contribution in [3.8, 4) is 0 Å². The molecule has 1 amide bonds. The fraction of sp³-hybridized carbons (Fsp3) is 0.500. The number of carbonyl (C=O) groups excluding carboxylic acids is 2. The highest BCUT2D eigenvalue weighted by molar-refractivity contribution is 7.91. The minimum atomic E-state index is -3.69. The Morgan fingerprint density at radius 2 is 2.06 bits per heavy atom. The molecule has 1 aliphatic heterocycles. The molecule has 1 aliphatic carbocycles. The number of amides is 1. The number of sulfonamides is 1. The van der Waals surface area contributed by atoms with E-state index in [1.165, 1.54) is 21.7 Å². The van der Waals surface area contributed by atoms with Crippen molar-refractivity contribution in [2.24, 2.45) is 5.92 Å². The standard InChI is InChI=1S/C20H23ClN2O5S3/c1-2-28-20(25)17-13-6-3-7-14(13)29-19(17)22-18(24)12-5-4-10-23(11-12)31(26,27)16-9-8-15(21)30-16/h8-9,12H,2-7,10-11H2,1H3,(H,22,24). The average molecular weight is 503 g/mol. The zero-order chi connectivity index (χ0) is 22.2. The molecule has 31 heavy (non-hydrogen) atoms. The molecule has 2 aromatic rings. The first-order valence-corrected chi connectivity index (χ1v) is 13.6. The van der Waals surface area contributed by atoms with Gasteiger partial charge in [0.2, 0.25) is 5.91 Å². The van der Waals surface area contributed by atoms with Crippen molar-refractivity contribution in [2.75, 3.05) is 25.0 Å². The third-order valence-electron chi connectivity index (χ3n) is 5.54.